The van der Waals surface area contributed by atoms with Gasteiger partial charge in [0, 0.05) is 27.2 Å². The van der Waals surface area contributed by atoms with Crippen LogP contribution in [-0.2, 0) is 9.59 Å². The van der Waals surface area contributed by atoms with Crippen molar-refractivity contribution in [2.45, 2.75) is 44.6 Å². The molecule has 0 radical (unpaired) electrons. The average Bonchev–Trinajstić information content (AvgIpc) is 3.08. The van der Waals surface area contributed by atoms with Gasteiger partial charge in [0.05, 0.1) is 12.0 Å². The molecule has 0 aliphatic carbocycles. The molecular formula is C20H31N3O2. The van der Waals surface area contributed by atoms with Gasteiger partial charge >= 0.3 is 0 Å². The van der Waals surface area contributed by atoms with E-state index in [1.807, 2.05) is 51.4 Å². The molecule has 0 bridgehead atoms. The molecule has 2 amide bonds. The van der Waals surface area contributed by atoms with E-state index in [4.69, 9.17) is 0 Å². The summed E-state index contributed by atoms with van der Waals surface area (Å²) >= 11 is 0. The average molecular weight is 345 g/mol. The maximum atomic E-state index is 12.4. The van der Waals surface area contributed by atoms with Gasteiger partial charge in [0.15, 0.2) is 0 Å². The van der Waals surface area contributed by atoms with E-state index in [0.29, 0.717) is 6.54 Å². The maximum absolute atomic E-state index is 12.4. The van der Waals surface area contributed by atoms with Crippen molar-refractivity contribution < 1.29 is 9.59 Å². The normalized spacial score (nSPS) is 18.8. The van der Waals surface area contributed by atoms with Crippen molar-refractivity contribution in [2.24, 2.45) is 0 Å². The van der Waals surface area contributed by atoms with Gasteiger partial charge in [0.2, 0.25) is 11.8 Å². The monoisotopic (exact) mass is 345 g/mol. The van der Waals surface area contributed by atoms with Crippen molar-refractivity contribution in [2.75, 3.05) is 33.7 Å². The van der Waals surface area contributed by atoms with Crippen LogP contribution < -0.4 is 5.32 Å². The van der Waals surface area contributed by atoms with Gasteiger partial charge in [0.25, 0.3) is 0 Å². The van der Waals surface area contributed by atoms with Gasteiger partial charge in [0.1, 0.15) is 0 Å². The van der Waals surface area contributed by atoms with Crippen molar-refractivity contribution in [3.63, 3.8) is 0 Å². The van der Waals surface area contributed by atoms with Crippen molar-refractivity contribution in [3.8, 4) is 0 Å². The van der Waals surface area contributed by atoms with Crippen LogP contribution in [0.3, 0.4) is 0 Å². The lowest BCUT2D eigenvalue weighted by Crippen LogP contribution is -2.43. The predicted molar refractivity (Wildman–Crippen MR) is 100 cm³/mol. The van der Waals surface area contributed by atoms with E-state index in [-0.39, 0.29) is 23.8 Å². The second-order valence-corrected chi connectivity index (χ2v) is 6.94. The second kappa shape index (κ2) is 9.56. The van der Waals surface area contributed by atoms with Gasteiger partial charge in [-0.2, -0.15) is 0 Å². The summed E-state index contributed by atoms with van der Waals surface area (Å²) in [5, 5.41) is 3.06. The first-order valence-corrected chi connectivity index (χ1v) is 9.32. The predicted octanol–water partition coefficient (Wildman–Crippen LogP) is 2.24. The molecule has 5 heteroatoms. The van der Waals surface area contributed by atoms with E-state index in [0.717, 1.165) is 44.3 Å². The summed E-state index contributed by atoms with van der Waals surface area (Å²) in [6.45, 7) is 4.52. The Balaban J connectivity index is 1.76. The van der Waals surface area contributed by atoms with Crippen molar-refractivity contribution in [1.82, 2.24) is 15.1 Å². The molecule has 2 rings (SSSR count). The Morgan fingerprint density at radius 3 is 2.64 bits per heavy atom. The number of carbonyl (C=O) groups excluding carboxylic acids is 2. The molecule has 1 aromatic rings. The molecule has 25 heavy (non-hydrogen) atoms. The lowest BCUT2D eigenvalue weighted by molar-refractivity contribution is -0.133. The number of carbonyl (C=O) groups is 2. The Morgan fingerprint density at radius 1 is 1.28 bits per heavy atom. The molecule has 1 heterocycles. The fourth-order valence-corrected chi connectivity index (χ4v) is 3.55. The minimum absolute atomic E-state index is 0.0124. The smallest absolute Gasteiger partial charge is 0.239 e. The SMILES string of the molecule is CC[C@H](C(=O)NCCCN1CCC[C@@H]1C(=O)N(C)C)c1ccccc1. The Hall–Kier alpha value is -1.88. The highest BCUT2D eigenvalue weighted by Crippen LogP contribution is 2.20. The standard InChI is InChI=1S/C20H31N3O2/c1-4-17(16-10-6-5-7-11-16)19(24)21-13-9-15-23-14-8-12-18(23)20(25)22(2)3/h5-7,10-11,17-18H,4,8-9,12-15H2,1-3H3,(H,21,24)/t17-,18+/m0/s1. The number of likely N-dealkylation sites (tertiary alicyclic amines) is 1. The Bertz CT molecular complexity index is 559. The van der Waals surface area contributed by atoms with E-state index >= 15 is 0 Å². The first-order chi connectivity index (χ1) is 12.0. The number of nitrogens with one attached hydrogen (secondary N) is 1. The zero-order valence-corrected chi connectivity index (χ0v) is 15.7. The number of amides is 2. The molecule has 1 aliphatic heterocycles. The molecule has 2 atom stereocenters. The molecule has 1 saturated heterocycles. The van der Waals surface area contributed by atoms with Gasteiger partial charge in [-0.3, -0.25) is 14.5 Å². The molecule has 5 nitrogen and oxygen atoms in total. The van der Waals surface area contributed by atoms with E-state index < -0.39 is 0 Å². The van der Waals surface area contributed by atoms with Crippen molar-refractivity contribution >= 4 is 11.8 Å². The first kappa shape index (κ1) is 19.4. The van der Waals surface area contributed by atoms with Gasteiger partial charge in [-0.1, -0.05) is 37.3 Å². The molecule has 0 unspecified atom stereocenters. The zero-order chi connectivity index (χ0) is 18.2. The Morgan fingerprint density at radius 2 is 2.00 bits per heavy atom. The van der Waals surface area contributed by atoms with Crippen LogP contribution in [0.15, 0.2) is 30.3 Å². The summed E-state index contributed by atoms with van der Waals surface area (Å²) in [4.78, 5) is 28.6. The summed E-state index contributed by atoms with van der Waals surface area (Å²) in [6.07, 6.45) is 3.67. The van der Waals surface area contributed by atoms with Crippen LogP contribution in [0.25, 0.3) is 0 Å². The van der Waals surface area contributed by atoms with Crippen molar-refractivity contribution in [3.05, 3.63) is 35.9 Å². The summed E-state index contributed by atoms with van der Waals surface area (Å²) < 4.78 is 0. The van der Waals surface area contributed by atoms with Crippen LogP contribution in [0, 0.1) is 0 Å². The molecule has 138 valence electrons. The topological polar surface area (TPSA) is 52.7 Å². The van der Waals surface area contributed by atoms with Gasteiger partial charge in [-0.15, -0.1) is 0 Å². The van der Waals surface area contributed by atoms with E-state index in [1.54, 1.807) is 4.90 Å². The first-order valence-electron chi connectivity index (χ1n) is 9.32. The fraction of sp³-hybridized carbons (Fsp3) is 0.600. The minimum Gasteiger partial charge on any atom is -0.356 e. The third-order valence-corrected chi connectivity index (χ3v) is 4.94. The number of nitrogens with zero attached hydrogens (tertiary/aromatic N) is 2. The molecule has 1 fully saturated rings. The van der Waals surface area contributed by atoms with E-state index in [9.17, 15) is 9.59 Å². The number of rotatable bonds is 8. The van der Waals surface area contributed by atoms with Crippen molar-refractivity contribution in [1.29, 1.82) is 0 Å². The molecule has 0 saturated carbocycles. The van der Waals surface area contributed by atoms with E-state index in [2.05, 4.69) is 10.2 Å². The number of benzene rings is 1. The number of hydrogen-bond acceptors (Lipinski definition) is 3. The third-order valence-electron chi connectivity index (χ3n) is 4.94. The van der Waals surface area contributed by atoms with Crippen LogP contribution >= 0.6 is 0 Å². The van der Waals surface area contributed by atoms with Crippen LogP contribution in [-0.4, -0.2) is 61.4 Å². The zero-order valence-electron chi connectivity index (χ0n) is 15.7. The molecule has 0 aromatic heterocycles. The highest BCUT2D eigenvalue weighted by molar-refractivity contribution is 5.83. The Kier molecular flexibility index (Phi) is 7.44. The summed E-state index contributed by atoms with van der Waals surface area (Å²) in [5.74, 6) is 0.198. The Labute approximate surface area is 151 Å². The van der Waals surface area contributed by atoms with Crippen LogP contribution in [0.5, 0.6) is 0 Å². The fourth-order valence-electron chi connectivity index (χ4n) is 3.55. The largest absolute Gasteiger partial charge is 0.356 e. The second-order valence-electron chi connectivity index (χ2n) is 6.94. The molecule has 1 N–H and O–H groups in total. The minimum atomic E-state index is -0.0870. The van der Waals surface area contributed by atoms with Crippen LogP contribution in [0.2, 0.25) is 0 Å². The molecule has 0 spiro atoms. The number of hydrogen-bond donors (Lipinski definition) is 1. The highest BCUT2D eigenvalue weighted by Gasteiger charge is 2.31. The van der Waals surface area contributed by atoms with Gasteiger partial charge in [-0.05, 0) is 37.8 Å². The van der Waals surface area contributed by atoms with Crippen LogP contribution in [0.4, 0.5) is 0 Å². The molecular weight excluding hydrogens is 314 g/mol. The lowest BCUT2D eigenvalue weighted by atomic mass is 9.96. The quantitative estimate of drug-likeness (QED) is 0.735. The molecule has 1 aliphatic rings. The number of likely N-dealkylation sites (N-methyl/N-ethyl adjacent to an activating group) is 1. The van der Waals surface area contributed by atoms with Crippen LogP contribution in [0.1, 0.15) is 44.1 Å². The van der Waals surface area contributed by atoms with Gasteiger partial charge in [-0.25, -0.2) is 0 Å². The maximum Gasteiger partial charge on any atom is 0.239 e. The molecule has 1 aromatic carbocycles. The van der Waals surface area contributed by atoms with Gasteiger partial charge < -0.3 is 10.2 Å². The summed E-state index contributed by atoms with van der Waals surface area (Å²) in [5.41, 5.74) is 1.07. The highest BCUT2D eigenvalue weighted by atomic mass is 16.2. The summed E-state index contributed by atoms with van der Waals surface area (Å²) in [6, 6.07) is 9.94. The lowest BCUT2D eigenvalue weighted by Gasteiger charge is -2.26. The van der Waals surface area contributed by atoms with E-state index in [1.165, 1.54) is 0 Å². The summed E-state index contributed by atoms with van der Waals surface area (Å²) in [7, 11) is 3.63. The third kappa shape index (κ3) is 5.30.